The Morgan fingerprint density at radius 3 is 2.46 bits per heavy atom. The molecule has 0 aliphatic carbocycles. The maximum atomic E-state index is 11.8. The molecule has 126 valence electrons. The predicted octanol–water partition coefficient (Wildman–Crippen LogP) is 4.13. The first-order valence-electron chi connectivity index (χ1n) is 8.79. The molecule has 3 rings (SSSR count). The van der Waals surface area contributed by atoms with Crippen LogP contribution in [0.2, 0.25) is 0 Å². The highest BCUT2D eigenvalue weighted by Gasteiger charge is 2.25. The van der Waals surface area contributed by atoms with Crippen LogP contribution in [0.15, 0.2) is 54.6 Å². The van der Waals surface area contributed by atoms with Gasteiger partial charge in [0.25, 0.3) is 0 Å². The number of carbonyl (C=O) groups excluding carboxylic acids is 1. The van der Waals surface area contributed by atoms with Crippen molar-refractivity contribution in [2.45, 2.75) is 26.3 Å². The minimum Gasteiger partial charge on any atom is -0.466 e. The quantitative estimate of drug-likeness (QED) is 0.775. The molecule has 0 amide bonds. The molecule has 0 atom stereocenters. The zero-order chi connectivity index (χ0) is 16.8. The van der Waals surface area contributed by atoms with Gasteiger partial charge in [0.2, 0.25) is 0 Å². The largest absolute Gasteiger partial charge is 0.466 e. The third-order valence-corrected chi connectivity index (χ3v) is 4.65. The zero-order valence-electron chi connectivity index (χ0n) is 14.3. The minimum atomic E-state index is -0.0248. The molecule has 0 radical (unpaired) electrons. The summed E-state index contributed by atoms with van der Waals surface area (Å²) in [4.78, 5) is 14.3. The predicted molar refractivity (Wildman–Crippen MR) is 96.5 cm³/mol. The van der Waals surface area contributed by atoms with Gasteiger partial charge in [-0.3, -0.25) is 9.69 Å². The molecule has 2 aromatic rings. The Labute approximate surface area is 144 Å². The van der Waals surface area contributed by atoms with Gasteiger partial charge in [-0.05, 0) is 55.6 Å². The second-order valence-electron chi connectivity index (χ2n) is 6.37. The smallest absolute Gasteiger partial charge is 0.309 e. The third kappa shape index (κ3) is 4.24. The summed E-state index contributed by atoms with van der Waals surface area (Å²) in [5, 5.41) is 0. The van der Waals surface area contributed by atoms with E-state index in [0.29, 0.717) is 6.61 Å². The number of ether oxygens (including phenoxy) is 1. The molecular weight excluding hydrogens is 298 g/mol. The molecule has 2 aromatic carbocycles. The van der Waals surface area contributed by atoms with Crippen molar-refractivity contribution >= 4 is 5.97 Å². The summed E-state index contributed by atoms with van der Waals surface area (Å²) in [5.41, 5.74) is 3.83. The Morgan fingerprint density at radius 1 is 1.04 bits per heavy atom. The highest BCUT2D eigenvalue weighted by molar-refractivity contribution is 5.72. The summed E-state index contributed by atoms with van der Waals surface area (Å²) in [6.07, 6.45) is 1.80. The summed E-state index contributed by atoms with van der Waals surface area (Å²) in [7, 11) is 0. The van der Waals surface area contributed by atoms with Gasteiger partial charge in [-0.1, -0.05) is 48.5 Å². The lowest BCUT2D eigenvalue weighted by molar-refractivity contribution is -0.149. The highest BCUT2D eigenvalue weighted by Crippen LogP contribution is 2.23. The molecular formula is C21H25NO2. The second-order valence-corrected chi connectivity index (χ2v) is 6.37. The van der Waals surface area contributed by atoms with E-state index in [-0.39, 0.29) is 11.9 Å². The fraction of sp³-hybridized carbons (Fsp3) is 0.381. The van der Waals surface area contributed by atoms with E-state index in [1.165, 1.54) is 16.7 Å². The number of nitrogens with zero attached hydrogens (tertiary/aromatic N) is 1. The highest BCUT2D eigenvalue weighted by atomic mass is 16.5. The lowest BCUT2D eigenvalue weighted by Gasteiger charge is -2.30. The second kappa shape index (κ2) is 8.11. The maximum Gasteiger partial charge on any atom is 0.309 e. The number of likely N-dealkylation sites (tertiary alicyclic amines) is 1. The summed E-state index contributed by atoms with van der Waals surface area (Å²) in [6.45, 7) is 5.20. The van der Waals surface area contributed by atoms with Crippen molar-refractivity contribution in [3.63, 3.8) is 0 Å². The van der Waals surface area contributed by atoms with Crippen molar-refractivity contribution < 1.29 is 9.53 Å². The number of esters is 1. The summed E-state index contributed by atoms with van der Waals surface area (Å²) in [6, 6.07) is 19.2. The fourth-order valence-corrected chi connectivity index (χ4v) is 3.32. The van der Waals surface area contributed by atoms with Crippen LogP contribution in [0, 0.1) is 5.92 Å². The molecule has 0 spiro atoms. The van der Waals surface area contributed by atoms with Gasteiger partial charge in [-0.2, -0.15) is 0 Å². The van der Waals surface area contributed by atoms with Crippen LogP contribution in [0.25, 0.3) is 11.1 Å². The molecule has 0 bridgehead atoms. The van der Waals surface area contributed by atoms with Crippen molar-refractivity contribution in [2.75, 3.05) is 19.7 Å². The van der Waals surface area contributed by atoms with Crippen molar-refractivity contribution in [3.05, 3.63) is 60.2 Å². The van der Waals surface area contributed by atoms with Crippen molar-refractivity contribution in [1.29, 1.82) is 0 Å². The molecule has 3 heteroatoms. The van der Waals surface area contributed by atoms with E-state index in [4.69, 9.17) is 4.74 Å². The molecule has 24 heavy (non-hydrogen) atoms. The molecule has 0 aromatic heterocycles. The summed E-state index contributed by atoms with van der Waals surface area (Å²) >= 11 is 0. The standard InChI is InChI=1S/C21H25NO2/c1-2-24-21(23)19-11-13-22(14-12-19)16-17-7-6-10-20(15-17)18-8-4-3-5-9-18/h3-10,15,19H,2,11-14,16H2,1H3. The molecule has 1 fully saturated rings. The topological polar surface area (TPSA) is 29.5 Å². The molecule has 0 N–H and O–H groups in total. The fourth-order valence-electron chi connectivity index (χ4n) is 3.32. The molecule has 0 saturated carbocycles. The number of rotatable bonds is 5. The average molecular weight is 323 g/mol. The van der Waals surface area contributed by atoms with E-state index in [2.05, 4.69) is 53.4 Å². The number of hydrogen-bond acceptors (Lipinski definition) is 3. The van der Waals surface area contributed by atoms with E-state index in [1.807, 2.05) is 13.0 Å². The first-order chi connectivity index (χ1) is 11.8. The van der Waals surface area contributed by atoms with Crippen molar-refractivity contribution in [3.8, 4) is 11.1 Å². The van der Waals surface area contributed by atoms with Crippen LogP contribution >= 0.6 is 0 Å². The Kier molecular flexibility index (Phi) is 5.65. The molecule has 1 aliphatic heterocycles. The van der Waals surface area contributed by atoms with Crippen LogP contribution in [0.5, 0.6) is 0 Å². The number of carbonyl (C=O) groups is 1. The maximum absolute atomic E-state index is 11.8. The lowest BCUT2D eigenvalue weighted by Crippen LogP contribution is -2.36. The van der Waals surface area contributed by atoms with E-state index < -0.39 is 0 Å². The summed E-state index contributed by atoms with van der Waals surface area (Å²) in [5.74, 6) is 0.0556. The Balaban J connectivity index is 1.59. The molecule has 1 aliphatic rings. The van der Waals surface area contributed by atoms with E-state index in [1.54, 1.807) is 0 Å². The van der Waals surface area contributed by atoms with Crippen LogP contribution in [0.1, 0.15) is 25.3 Å². The van der Waals surface area contributed by atoms with Crippen LogP contribution in [-0.2, 0) is 16.1 Å². The van der Waals surface area contributed by atoms with Crippen LogP contribution in [0.3, 0.4) is 0 Å². The van der Waals surface area contributed by atoms with Gasteiger partial charge in [0.05, 0.1) is 12.5 Å². The van der Waals surface area contributed by atoms with Gasteiger partial charge >= 0.3 is 5.97 Å². The van der Waals surface area contributed by atoms with E-state index in [0.717, 1.165) is 32.5 Å². The van der Waals surface area contributed by atoms with Gasteiger partial charge in [-0.25, -0.2) is 0 Å². The van der Waals surface area contributed by atoms with E-state index in [9.17, 15) is 4.79 Å². The SMILES string of the molecule is CCOC(=O)C1CCN(Cc2cccc(-c3ccccc3)c2)CC1. The van der Waals surface area contributed by atoms with Crippen LogP contribution in [-0.4, -0.2) is 30.6 Å². The first-order valence-corrected chi connectivity index (χ1v) is 8.79. The number of piperidine rings is 1. The monoisotopic (exact) mass is 323 g/mol. The Hall–Kier alpha value is -2.13. The molecule has 1 saturated heterocycles. The van der Waals surface area contributed by atoms with Crippen LogP contribution in [0.4, 0.5) is 0 Å². The van der Waals surface area contributed by atoms with Gasteiger partial charge in [-0.15, -0.1) is 0 Å². The van der Waals surface area contributed by atoms with Crippen molar-refractivity contribution in [1.82, 2.24) is 4.90 Å². The lowest BCUT2D eigenvalue weighted by atomic mass is 9.96. The summed E-state index contributed by atoms with van der Waals surface area (Å²) < 4.78 is 5.14. The normalized spacial score (nSPS) is 16.0. The first kappa shape index (κ1) is 16.7. The Bertz CT molecular complexity index is 661. The number of hydrogen-bond donors (Lipinski definition) is 0. The van der Waals surface area contributed by atoms with Crippen molar-refractivity contribution in [2.24, 2.45) is 5.92 Å². The van der Waals surface area contributed by atoms with Crippen LogP contribution < -0.4 is 0 Å². The molecule has 0 unspecified atom stereocenters. The Morgan fingerprint density at radius 2 is 1.75 bits per heavy atom. The van der Waals surface area contributed by atoms with Gasteiger partial charge in [0, 0.05) is 6.54 Å². The number of benzene rings is 2. The average Bonchev–Trinajstić information content (AvgIpc) is 2.63. The molecule has 1 heterocycles. The van der Waals surface area contributed by atoms with Gasteiger partial charge in [0.15, 0.2) is 0 Å². The minimum absolute atomic E-state index is 0.0248. The van der Waals surface area contributed by atoms with Gasteiger partial charge in [0.1, 0.15) is 0 Å². The zero-order valence-corrected chi connectivity index (χ0v) is 14.3. The van der Waals surface area contributed by atoms with E-state index >= 15 is 0 Å². The van der Waals surface area contributed by atoms with Gasteiger partial charge < -0.3 is 4.74 Å². The third-order valence-electron chi connectivity index (χ3n) is 4.65. The molecule has 3 nitrogen and oxygen atoms in total.